The highest BCUT2D eigenvalue weighted by molar-refractivity contribution is 5.35. The molecule has 0 aliphatic carbocycles. The Hall–Kier alpha value is -1.85. The number of nitrogens with one attached hydrogen (secondary N) is 2. The molecule has 1 aromatic heterocycles. The summed E-state index contributed by atoms with van der Waals surface area (Å²) >= 11 is 0. The second kappa shape index (κ2) is 7.58. The Morgan fingerprint density at radius 1 is 1.20 bits per heavy atom. The van der Waals surface area contributed by atoms with E-state index in [0.29, 0.717) is 12.0 Å². The number of rotatable bonds is 6. The van der Waals surface area contributed by atoms with Crippen LogP contribution in [0, 0.1) is 12.8 Å². The smallest absolute Gasteiger partial charge is 0.124 e. The van der Waals surface area contributed by atoms with Crippen LogP contribution in [0.3, 0.4) is 0 Å². The van der Waals surface area contributed by atoms with E-state index < -0.39 is 0 Å². The zero-order chi connectivity index (χ0) is 17.1. The first-order valence-corrected chi connectivity index (χ1v) is 9.56. The van der Waals surface area contributed by atoms with Crippen LogP contribution in [0.15, 0.2) is 36.5 Å². The van der Waals surface area contributed by atoms with Crippen molar-refractivity contribution >= 4 is 5.82 Å². The predicted octanol–water partition coefficient (Wildman–Crippen LogP) is 2.66. The molecule has 0 amide bonds. The van der Waals surface area contributed by atoms with Crippen LogP contribution >= 0.6 is 0 Å². The summed E-state index contributed by atoms with van der Waals surface area (Å²) in [4.78, 5) is 2.64. The van der Waals surface area contributed by atoms with Crippen LogP contribution in [0.2, 0.25) is 0 Å². The Bertz CT molecular complexity index is 672. The summed E-state index contributed by atoms with van der Waals surface area (Å²) in [5, 5.41) is 11.6. The Morgan fingerprint density at radius 3 is 2.80 bits per heavy atom. The number of anilines is 1. The van der Waals surface area contributed by atoms with Crippen molar-refractivity contribution in [3.63, 3.8) is 0 Å². The van der Waals surface area contributed by atoms with E-state index in [0.717, 1.165) is 32.0 Å². The Balaban J connectivity index is 1.35. The van der Waals surface area contributed by atoms with Crippen LogP contribution in [0.25, 0.3) is 0 Å². The molecule has 0 spiro atoms. The van der Waals surface area contributed by atoms with Gasteiger partial charge in [0, 0.05) is 44.2 Å². The van der Waals surface area contributed by atoms with E-state index in [4.69, 9.17) is 0 Å². The van der Waals surface area contributed by atoms with E-state index >= 15 is 0 Å². The molecule has 5 heteroatoms. The minimum absolute atomic E-state index is 0.486. The summed E-state index contributed by atoms with van der Waals surface area (Å²) in [5.74, 6) is 1.73. The molecule has 2 atom stereocenters. The van der Waals surface area contributed by atoms with Gasteiger partial charge in [0.25, 0.3) is 0 Å². The molecule has 25 heavy (non-hydrogen) atoms. The Labute approximate surface area is 150 Å². The number of hydrogen-bond donors (Lipinski definition) is 2. The third-order valence-electron chi connectivity index (χ3n) is 5.53. The van der Waals surface area contributed by atoms with Crippen molar-refractivity contribution < 1.29 is 0 Å². The van der Waals surface area contributed by atoms with E-state index in [1.807, 2.05) is 12.3 Å². The molecule has 134 valence electrons. The number of likely N-dealkylation sites (tertiary alicyclic amines) is 1. The standard InChI is InChI=1S/C20H29N5/c1-16-4-6-18(7-5-16)19(24-10-2-3-11-24)14-21-12-17-13-22-20-8-9-23-25(20)15-17/h4-9,17,19,21-22H,2-3,10-15H2,1H3. The van der Waals surface area contributed by atoms with Crippen molar-refractivity contribution in [2.24, 2.45) is 5.92 Å². The topological polar surface area (TPSA) is 45.1 Å². The molecule has 0 radical (unpaired) electrons. The predicted molar refractivity (Wildman–Crippen MR) is 102 cm³/mol. The maximum atomic E-state index is 4.39. The molecule has 0 saturated carbocycles. The molecule has 2 aromatic rings. The summed E-state index contributed by atoms with van der Waals surface area (Å²) in [6.45, 7) is 8.68. The molecule has 4 rings (SSSR count). The SMILES string of the molecule is Cc1ccc(C(CNCC2CNc3ccnn3C2)N2CCCC2)cc1. The van der Waals surface area contributed by atoms with E-state index in [2.05, 4.69) is 56.5 Å². The first kappa shape index (κ1) is 16.6. The number of nitrogens with zero attached hydrogens (tertiary/aromatic N) is 3. The monoisotopic (exact) mass is 339 g/mol. The van der Waals surface area contributed by atoms with Gasteiger partial charge in [-0.3, -0.25) is 4.90 Å². The molecular formula is C20H29N5. The van der Waals surface area contributed by atoms with Crippen molar-refractivity contribution in [3.8, 4) is 0 Å². The van der Waals surface area contributed by atoms with Gasteiger partial charge in [-0.1, -0.05) is 29.8 Å². The van der Waals surface area contributed by atoms with Crippen LogP contribution in [0.1, 0.15) is 30.0 Å². The highest BCUT2D eigenvalue weighted by Crippen LogP contribution is 2.25. The largest absolute Gasteiger partial charge is 0.370 e. The van der Waals surface area contributed by atoms with E-state index in [-0.39, 0.29) is 0 Å². The minimum Gasteiger partial charge on any atom is -0.370 e. The highest BCUT2D eigenvalue weighted by Gasteiger charge is 2.24. The summed E-state index contributed by atoms with van der Waals surface area (Å²) in [5.41, 5.74) is 2.77. The second-order valence-electron chi connectivity index (χ2n) is 7.47. The third-order valence-corrected chi connectivity index (χ3v) is 5.53. The van der Waals surface area contributed by atoms with Gasteiger partial charge in [-0.15, -0.1) is 0 Å². The van der Waals surface area contributed by atoms with Gasteiger partial charge in [0.2, 0.25) is 0 Å². The number of fused-ring (bicyclic) bond motifs is 1. The van der Waals surface area contributed by atoms with Gasteiger partial charge in [-0.05, 0) is 38.4 Å². The van der Waals surface area contributed by atoms with Crippen molar-refractivity contribution in [2.45, 2.75) is 32.4 Å². The summed E-state index contributed by atoms with van der Waals surface area (Å²) in [6.07, 6.45) is 4.53. The fourth-order valence-corrected chi connectivity index (χ4v) is 4.05. The van der Waals surface area contributed by atoms with Gasteiger partial charge in [-0.2, -0.15) is 5.10 Å². The fraction of sp³-hybridized carbons (Fsp3) is 0.550. The van der Waals surface area contributed by atoms with E-state index in [9.17, 15) is 0 Å². The molecule has 1 fully saturated rings. The molecule has 1 aromatic carbocycles. The van der Waals surface area contributed by atoms with Gasteiger partial charge in [0.05, 0.1) is 6.20 Å². The molecule has 2 aliphatic heterocycles. The van der Waals surface area contributed by atoms with Gasteiger partial charge in [0.1, 0.15) is 5.82 Å². The summed E-state index contributed by atoms with van der Waals surface area (Å²) in [7, 11) is 0. The van der Waals surface area contributed by atoms with Crippen molar-refractivity contribution in [3.05, 3.63) is 47.7 Å². The summed E-state index contributed by atoms with van der Waals surface area (Å²) < 4.78 is 2.08. The van der Waals surface area contributed by atoms with Gasteiger partial charge < -0.3 is 10.6 Å². The number of aromatic nitrogens is 2. The first-order valence-electron chi connectivity index (χ1n) is 9.56. The zero-order valence-electron chi connectivity index (χ0n) is 15.1. The number of hydrogen-bond acceptors (Lipinski definition) is 4. The van der Waals surface area contributed by atoms with Crippen molar-refractivity contribution in [1.82, 2.24) is 20.0 Å². The van der Waals surface area contributed by atoms with Gasteiger partial charge in [-0.25, -0.2) is 4.68 Å². The molecule has 5 nitrogen and oxygen atoms in total. The number of benzene rings is 1. The number of aryl methyl sites for hydroxylation is 1. The molecule has 2 unspecified atom stereocenters. The lowest BCUT2D eigenvalue weighted by atomic mass is 10.0. The lowest BCUT2D eigenvalue weighted by Crippen LogP contribution is -2.39. The molecular weight excluding hydrogens is 310 g/mol. The molecule has 3 heterocycles. The fourth-order valence-electron chi connectivity index (χ4n) is 4.05. The van der Waals surface area contributed by atoms with Gasteiger partial charge >= 0.3 is 0 Å². The molecule has 2 aliphatic rings. The lowest BCUT2D eigenvalue weighted by Gasteiger charge is -2.30. The first-order chi connectivity index (χ1) is 12.3. The third kappa shape index (κ3) is 3.88. The van der Waals surface area contributed by atoms with Crippen LogP contribution in [0.4, 0.5) is 5.82 Å². The quantitative estimate of drug-likeness (QED) is 0.849. The van der Waals surface area contributed by atoms with E-state index in [1.54, 1.807) is 0 Å². The normalized spacial score (nSPS) is 21.7. The zero-order valence-corrected chi connectivity index (χ0v) is 15.1. The summed E-state index contributed by atoms with van der Waals surface area (Å²) in [6, 6.07) is 11.6. The molecule has 0 bridgehead atoms. The Kier molecular flexibility index (Phi) is 5.04. The second-order valence-corrected chi connectivity index (χ2v) is 7.47. The van der Waals surface area contributed by atoms with Crippen LogP contribution in [0.5, 0.6) is 0 Å². The van der Waals surface area contributed by atoms with Crippen LogP contribution < -0.4 is 10.6 Å². The lowest BCUT2D eigenvalue weighted by molar-refractivity contribution is 0.234. The minimum atomic E-state index is 0.486. The average molecular weight is 339 g/mol. The molecule has 1 saturated heterocycles. The van der Waals surface area contributed by atoms with Crippen molar-refractivity contribution in [2.75, 3.05) is 38.0 Å². The van der Waals surface area contributed by atoms with Crippen LogP contribution in [-0.4, -0.2) is 47.4 Å². The van der Waals surface area contributed by atoms with E-state index in [1.165, 1.54) is 37.1 Å². The maximum Gasteiger partial charge on any atom is 0.124 e. The Morgan fingerprint density at radius 2 is 2.00 bits per heavy atom. The highest BCUT2D eigenvalue weighted by atomic mass is 15.3. The molecule has 2 N–H and O–H groups in total. The van der Waals surface area contributed by atoms with Crippen molar-refractivity contribution in [1.29, 1.82) is 0 Å². The van der Waals surface area contributed by atoms with Crippen LogP contribution in [-0.2, 0) is 6.54 Å². The van der Waals surface area contributed by atoms with Gasteiger partial charge in [0.15, 0.2) is 0 Å². The maximum absolute atomic E-state index is 4.39. The average Bonchev–Trinajstić information content (AvgIpc) is 3.31.